The third kappa shape index (κ3) is 2.41. The number of nitrogens with one attached hydrogen (secondary N) is 1. The van der Waals surface area contributed by atoms with Crippen molar-refractivity contribution in [2.45, 2.75) is 19.6 Å². The van der Waals surface area contributed by atoms with Crippen molar-refractivity contribution in [2.24, 2.45) is 0 Å². The molecule has 2 aromatic rings. The molecule has 124 valence electrons. The molecule has 0 bridgehead atoms. The van der Waals surface area contributed by atoms with Gasteiger partial charge in [0.15, 0.2) is 5.82 Å². The predicted molar refractivity (Wildman–Crippen MR) is 79.8 cm³/mol. The van der Waals surface area contributed by atoms with Crippen LogP contribution in [0.1, 0.15) is 12.7 Å². The van der Waals surface area contributed by atoms with Gasteiger partial charge in [0.25, 0.3) is 0 Å². The van der Waals surface area contributed by atoms with Gasteiger partial charge >= 0.3 is 6.09 Å². The van der Waals surface area contributed by atoms with E-state index >= 15 is 0 Å². The number of rotatable bonds is 3. The minimum atomic E-state index is -0.454. The second kappa shape index (κ2) is 5.48. The number of carbonyl (C=O) groups excluding carboxylic acids is 2. The summed E-state index contributed by atoms with van der Waals surface area (Å²) in [6, 6.07) is 5.32. The zero-order chi connectivity index (χ0) is 16.7. The minimum Gasteiger partial charge on any atom is -0.483 e. The molecule has 0 spiro atoms. The Kier molecular flexibility index (Phi) is 3.29. The number of cyclic esters (lactones) is 1. The molecule has 1 atom stereocenters. The summed E-state index contributed by atoms with van der Waals surface area (Å²) in [7, 11) is 0. The summed E-state index contributed by atoms with van der Waals surface area (Å²) in [6.45, 7) is 2.32. The van der Waals surface area contributed by atoms with Crippen molar-refractivity contribution in [2.75, 3.05) is 18.0 Å². The summed E-state index contributed by atoms with van der Waals surface area (Å²) in [5.74, 6) is 1.04. The summed E-state index contributed by atoms with van der Waals surface area (Å²) in [4.78, 5) is 24.5. The number of tetrazole rings is 1. The largest absolute Gasteiger partial charge is 0.483 e. The SMILES string of the molecule is CC(=O)NC[C@H]1CN(c2ccc3c(c2)OCc2nnnn2-3)C(=O)O1. The van der Waals surface area contributed by atoms with Crippen LogP contribution >= 0.6 is 0 Å². The molecule has 3 heterocycles. The molecule has 2 amide bonds. The number of amides is 2. The maximum atomic E-state index is 12.1. The van der Waals surface area contributed by atoms with Crippen LogP contribution in [0.3, 0.4) is 0 Å². The normalized spacial score (nSPS) is 18.5. The van der Waals surface area contributed by atoms with Crippen molar-refractivity contribution >= 4 is 17.7 Å². The second-order valence-corrected chi connectivity index (χ2v) is 5.50. The first-order valence-electron chi connectivity index (χ1n) is 7.39. The van der Waals surface area contributed by atoms with E-state index in [0.717, 1.165) is 0 Å². The number of nitrogens with zero attached hydrogens (tertiary/aromatic N) is 5. The third-order valence-corrected chi connectivity index (χ3v) is 3.83. The van der Waals surface area contributed by atoms with Crippen molar-refractivity contribution in [1.29, 1.82) is 0 Å². The molecule has 10 heteroatoms. The van der Waals surface area contributed by atoms with Crippen LogP contribution in [-0.2, 0) is 16.1 Å². The van der Waals surface area contributed by atoms with E-state index in [1.54, 1.807) is 22.9 Å². The number of carbonyl (C=O) groups is 2. The Labute approximate surface area is 136 Å². The first-order valence-corrected chi connectivity index (χ1v) is 7.39. The number of benzene rings is 1. The van der Waals surface area contributed by atoms with Gasteiger partial charge in [-0.25, -0.2) is 4.79 Å². The summed E-state index contributed by atoms with van der Waals surface area (Å²) in [6.07, 6.45) is -0.839. The van der Waals surface area contributed by atoms with Crippen LogP contribution in [0.25, 0.3) is 5.69 Å². The fraction of sp³-hybridized carbons (Fsp3) is 0.357. The van der Waals surface area contributed by atoms with Gasteiger partial charge in [0.1, 0.15) is 24.1 Å². The highest BCUT2D eigenvalue weighted by molar-refractivity contribution is 5.90. The highest BCUT2D eigenvalue weighted by Gasteiger charge is 2.33. The van der Waals surface area contributed by atoms with E-state index in [9.17, 15) is 9.59 Å². The summed E-state index contributed by atoms with van der Waals surface area (Å²) in [5.41, 5.74) is 1.37. The Bertz CT molecular complexity index is 819. The highest BCUT2D eigenvalue weighted by atomic mass is 16.6. The summed E-state index contributed by atoms with van der Waals surface area (Å²) < 4.78 is 12.5. The molecule has 1 aromatic heterocycles. The van der Waals surface area contributed by atoms with Gasteiger partial charge in [-0.15, -0.1) is 5.10 Å². The zero-order valence-corrected chi connectivity index (χ0v) is 12.8. The third-order valence-electron chi connectivity index (χ3n) is 3.83. The van der Waals surface area contributed by atoms with E-state index in [2.05, 4.69) is 20.8 Å². The molecule has 1 aromatic carbocycles. The van der Waals surface area contributed by atoms with Crippen LogP contribution in [0.4, 0.5) is 10.5 Å². The van der Waals surface area contributed by atoms with Crippen molar-refractivity contribution in [3.05, 3.63) is 24.0 Å². The van der Waals surface area contributed by atoms with Crippen molar-refractivity contribution < 1.29 is 19.1 Å². The van der Waals surface area contributed by atoms with E-state index in [-0.39, 0.29) is 25.2 Å². The van der Waals surface area contributed by atoms with Crippen LogP contribution < -0.4 is 15.0 Å². The Morgan fingerprint density at radius 1 is 1.46 bits per heavy atom. The lowest BCUT2D eigenvalue weighted by Crippen LogP contribution is -2.33. The molecule has 0 saturated carbocycles. The molecule has 1 fully saturated rings. The van der Waals surface area contributed by atoms with Gasteiger partial charge in [-0.05, 0) is 22.6 Å². The first-order chi connectivity index (χ1) is 11.6. The van der Waals surface area contributed by atoms with Crippen LogP contribution in [0, 0.1) is 0 Å². The molecule has 4 rings (SSSR count). The van der Waals surface area contributed by atoms with Crippen LogP contribution in [-0.4, -0.2) is 51.4 Å². The van der Waals surface area contributed by atoms with E-state index in [1.807, 2.05) is 0 Å². The van der Waals surface area contributed by atoms with Gasteiger partial charge in [0.05, 0.1) is 18.8 Å². The first kappa shape index (κ1) is 14.4. The monoisotopic (exact) mass is 330 g/mol. The quantitative estimate of drug-likeness (QED) is 0.844. The molecular formula is C14H14N6O4. The Hall–Kier alpha value is -3.17. The average Bonchev–Trinajstić information content (AvgIpc) is 3.18. The lowest BCUT2D eigenvalue weighted by molar-refractivity contribution is -0.119. The van der Waals surface area contributed by atoms with E-state index in [4.69, 9.17) is 9.47 Å². The highest BCUT2D eigenvalue weighted by Crippen LogP contribution is 2.33. The van der Waals surface area contributed by atoms with Crippen LogP contribution in [0.2, 0.25) is 0 Å². The van der Waals surface area contributed by atoms with Gasteiger partial charge in [-0.2, -0.15) is 4.68 Å². The fourth-order valence-corrected chi connectivity index (χ4v) is 2.68. The molecule has 0 aliphatic carbocycles. The molecule has 2 aliphatic rings. The van der Waals surface area contributed by atoms with Crippen LogP contribution in [0.15, 0.2) is 18.2 Å². The van der Waals surface area contributed by atoms with Gasteiger partial charge in [-0.3, -0.25) is 9.69 Å². The number of hydrogen-bond donors (Lipinski definition) is 1. The second-order valence-electron chi connectivity index (χ2n) is 5.50. The number of fused-ring (bicyclic) bond motifs is 3. The van der Waals surface area contributed by atoms with Crippen molar-refractivity contribution in [3.63, 3.8) is 0 Å². The van der Waals surface area contributed by atoms with E-state index < -0.39 is 6.09 Å². The molecular weight excluding hydrogens is 316 g/mol. The molecule has 10 nitrogen and oxygen atoms in total. The number of ether oxygens (including phenoxy) is 2. The summed E-state index contributed by atoms with van der Waals surface area (Å²) >= 11 is 0. The van der Waals surface area contributed by atoms with E-state index in [1.165, 1.54) is 11.8 Å². The number of hydrogen-bond acceptors (Lipinski definition) is 7. The van der Waals surface area contributed by atoms with Crippen LogP contribution in [0.5, 0.6) is 5.75 Å². The number of anilines is 1. The van der Waals surface area contributed by atoms with Crippen molar-refractivity contribution in [3.8, 4) is 11.4 Å². The molecule has 0 radical (unpaired) electrons. The average molecular weight is 330 g/mol. The standard InChI is InChI=1S/C14H14N6O4/c1-8(21)15-5-10-6-19(14(22)24-10)9-2-3-11-12(4-9)23-7-13-16-17-18-20(11)13/h2-4,10H,5-7H2,1H3,(H,15,21)/t10-/m0/s1. The maximum absolute atomic E-state index is 12.1. The Morgan fingerprint density at radius 2 is 2.33 bits per heavy atom. The minimum absolute atomic E-state index is 0.163. The molecule has 1 saturated heterocycles. The topological polar surface area (TPSA) is 111 Å². The Morgan fingerprint density at radius 3 is 3.17 bits per heavy atom. The number of aromatic nitrogens is 4. The van der Waals surface area contributed by atoms with Gasteiger partial charge in [0.2, 0.25) is 5.91 Å². The molecule has 1 N–H and O–H groups in total. The van der Waals surface area contributed by atoms with Gasteiger partial charge < -0.3 is 14.8 Å². The lowest BCUT2D eigenvalue weighted by Gasteiger charge is -2.20. The molecule has 0 unspecified atom stereocenters. The van der Waals surface area contributed by atoms with E-state index in [0.29, 0.717) is 29.5 Å². The lowest BCUT2D eigenvalue weighted by atomic mass is 10.2. The Balaban J connectivity index is 1.56. The predicted octanol–water partition coefficient (Wildman–Crippen LogP) is 0.0160. The van der Waals surface area contributed by atoms with Gasteiger partial charge in [0, 0.05) is 13.0 Å². The van der Waals surface area contributed by atoms with Crippen molar-refractivity contribution in [1.82, 2.24) is 25.5 Å². The molecule has 24 heavy (non-hydrogen) atoms. The smallest absolute Gasteiger partial charge is 0.414 e. The maximum Gasteiger partial charge on any atom is 0.414 e. The molecule has 2 aliphatic heterocycles. The zero-order valence-electron chi connectivity index (χ0n) is 12.8. The summed E-state index contributed by atoms with van der Waals surface area (Å²) in [5, 5.41) is 14.1. The fourth-order valence-electron chi connectivity index (χ4n) is 2.68. The van der Waals surface area contributed by atoms with Gasteiger partial charge in [-0.1, -0.05) is 0 Å².